The van der Waals surface area contributed by atoms with Crippen LogP contribution in [0.25, 0.3) is 0 Å². The van der Waals surface area contributed by atoms with Crippen molar-refractivity contribution < 1.29 is 5.11 Å². The number of aliphatic hydroxyl groups excluding tert-OH is 1. The van der Waals surface area contributed by atoms with Crippen LogP contribution in [0.3, 0.4) is 0 Å². The molecule has 0 bridgehead atoms. The fraction of sp³-hybridized carbons (Fsp3) is 0.333. The van der Waals surface area contributed by atoms with Gasteiger partial charge >= 0.3 is 0 Å². The van der Waals surface area contributed by atoms with Crippen LogP contribution in [0.1, 0.15) is 17.2 Å². The fourth-order valence-corrected chi connectivity index (χ4v) is 1.51. The van der Waals surface area contributed by atoms with Crippen LogP contribution in [-0.2, 0) is 0 Å². The first-order valence-corrected chi connectivity index (χ1v) is 4.56. The number of aliphatic hydroxyl groups is 1. The van der Waals surface area contributed by atoms with Gasteiger partial charge in [0.2, 0.25) is 0 Å². The minimum atomic E-state index is -0.667. The molecule has 1 N–H and O–H groups in total. The summed E-state index contributed by atoms with van der Waals surface area (Å²) in [4.78, 5) is 0. The molecule has 0 saturated heterocycles. The van der Waals surface area contributed by atoms with Crippen molar-refractivity contribution >= 4 is 23.2 Å². The molecule has 0 aliphatic rings. The maximum absolute atomic E-state index is 9.38. The molecule has 1 rings (SSSR count). The summed E-state index contributed by atoms with van der Waals surface area (Å²) in [6, 6.07) is 5.51. The van der Waals surface area contributed by atoms with E-state index in [-0.39, 0.29) is 5.88 Å². The predicted molar refractivity (Wildman–Crippen MR) is 51.9 cm³/mol. The van der Waals surface area contributed by atoms with E-state index in [0.717, 1.165) is 5.56 Å². The molecule has 0 aromatic heterocycles. The zero-order chi connectivity index (χ0) is 9.14. The van der Waals surface area contributed by atoms with E-state index < -0.39 is 6.10 Å². The highest BCUT2D eigenvalue weighted by Crippen LogP contribution is 2.24. The van der Waals surface area contributed by atoms with E-state index in [0.29, 0.717) is 10.6 Å². The van der Waals surface area contributed by atoms with Gasteiger partial charge in [0.05, 0.1) is 12.0 Å². The third kappa shape index (κ3) is 2.13. The molecule has 1 nitrogen and oxygen atoms in total. The Morgan fingerprint density at radius 2 is 2.17 bits per heavy atom. The van der Waals surface area contributed by atoms with Crippen LogP contribution < -0.4 is 0 Å². The van der Waals surface area contributed by atoms with E-state index in [9.17, 15) is 5.11 Å². The van der Waals surface area contributed by atoms with Crippen LogP contribution in [0.5, 0.6) is 0 Å². The van der Waals surface area contributed by atoms with E-state index in [1.165, 1.54) is 0 Å². The average molecular weight is 205 g/mol. The minimum absolute atomic E-state index is 0.169. The summed E-state index contributed by atoms with van der Waals surface area (Å²) < 4.78 is 0. The Morgan fingerprint density at radius 3 is 2.67 bits per heavy atom. The van der Waals surface area contributed by atoms with Crippen molar-refractivity contribution in [3.63, 3.8) is 0 Å². The Kier molecular flexibility index (Phi) is 3.39. The van der Waals surface area contributed by atoms with Crippen molar-refractivity contribution in [3.8, 4) is 0 Å². The van der Waals surface area contributed by atoms with Crippen LogP contribution in [-0.4, -0.2) is 11.0 Å². The third-order valence-corrected chi connectivity index (χ3v) is 2.28. The lowest BCUT2D eigenvalue weighted by atomic mass is 10.1. The minimum Gasteiger partial charge on any atom is -0.387 e. The molecule has 1 aromatic carbocycles. The van der Waals surface area contributed by atoms with Gasteiger partial charge in [-0.2, -0.15) is 0 Å². The summed E-state index contributed by atoms with van der Waals surface area (Å²) in [5.41, 5.74) is 1.77. The normalized spacial score (nSPS) is 13.0. The molecular formula is C9H10Cl2O. The Balaban J connectivity index is 3.01. The van der Waals surface area contributed by atoms with Crippen molar-refractivity contribution in [1.82, 2.24) is 0 Å². The number of rotatable bonds is 2. The third-order valence-electron chi connectivity index (χ3n) is 1.66. The Bertz CT molecular complexity index is 273. The molecule has 0 amide bonds. The van der Waals surface area contributed by atoms with Crippen LogP contribution >= 0.6 is 23.2 Å². The molecule has 0 fully saturated rings. The van der Waals surface area contributed by atoms with E-state index in [1.807, 2.05) is 19.1 Å². The Morgan fingerprint density at radius 1 is 1.50 bits per heavy atom. The van der Waals surface area contributed by atoms with Gasteiger partial charge in [-0.1, -0.05) is 23.7 Å². The van der Waals surface area contributed by atoms with Gasteiger partial charge in [-0.3, -0.25) is 0 Å². The van der Waals surface area contributed by atoms with Crippen LogP contribution in [0, 0.1) is 6.92 Å². The molecule has 12 heavy (non-hydrogen) atoms. The average Bonchev–Trinajstić information content (AvgIpc) is 2.03. The predicted octanol–water partition coefficient (Wildman–Crippen LogP) is 2.92. The van der Waals surface area contributed by atoms with E-state index in [4.69, 9.17) is 23.2 Å². The molecule has 0 aliphatic heterocycles. The zero-order valence-electron chi connectivity index (χ0n) is 6.72. The second kappa shape index (κ2) is 4.13. The highest BCUT2D eigenvalue weighted by atomic mass is 35.5. The van der Waals surface area contributed by atoms with Crippen molar-refractivity contribution in [3.05, 3.63) is 34.3 Å². The molecule has 66 valence electrons. The highest BCUT2D eigenvalue weighted by molar-refractivity contribution is 6.31. The SMILES string of the molecule is Cc1ccc(C(O)CCl)c(Cl)c1. The van der Waals surface area contributed by atoms with Crippen molar-refractivity contribution in [2.75, 3.05) is 5.88 Å². The maximum Gasteiger partial charge on any atom is 0.0939 e. The lowest BCUT2D eigenvalue weighted by Crippen LogP contribution is -1.99. The topological polar surface area (TPSA) is 20.2 Å². The smallest absolute Gasteiger partial charge is 0.0939 e. The summed E-state index contributed by atoms with van der Waals surface area (Å²) in [6.07, 6.45) is -0.667. The molecule has 3 heteroatoms. The molecule has 1 unspecified atom stereocenters. The van der Waals surface area contributed by atoms with Crippen LogP contribution in [0.4, 0.5) is 0 Å². The van der Waals surface area contributed by atoms with Crippen LogP contribution in [0.15, 0.2) is 18.2 Å². The van der Waals surface area contributed by atoms with Gasteiger partial charge in [-0.05, 0) is 18.6 Å². The Hall–Kier alpha value is -0.240. The number of aryl methyl sites for hydroxylation is 1. The van der Waals surface area contributed by atoms with Gasteiger partial charge in [0.25, 0.3) is 0 Å². The quantitative estimate of drug-likeness (QED) is 0.736. The first-order valence-electron chi connectivity index (χ1n) is 3.65. The molecular weight excluding hydrogens is 195 g/mol. The summed E-state index contributed by atoms with van der Waals surface area (Å²) in [5.74, 6) is 0.169. The summed E-state index contributed by atoms with van der Waals surface area (Å²) in [5, 5.41) is 9.96. The van der Waals surface area contributed by atoms with E-state index in [2.05, 4.69) is 0 Å². The number of alkyl halides is 1. The molecule has 0 heterocycles. The first kappa shape index (κ1) is 9.85. The van der Waals surface area contributed by atoms with Gasteiger partial charge in [0.15, 0.2) is 0 Å². The second-order valence-corrected chi connectivity index (χ2v) is 3.41. The summed E-state index contributed by atoms with van der Waals surface area (Å²) >= 11 is 11.4. The van der Waals surface area contributed by atoms with E-state index >= 15 is 0 Å². The van der Waals surface area contributed by atoms with Gasteiger partial charge in [0.1, 0.15) is 0 Å². The molecule has 0 spiro atoms. The highest BCUT2D eigenvalue weighted by Gasteiger charge is 2.09. The second-order valence-electron chi connectivity index (χ2n) is 2.70. The summed E-state index contributed by atoms with van der Waals surface area (Å²) in [7, 11) is 0. The summed E-state index contributed by atoms with van der Waals surface area (Å²) in [6.45, 7) is 1.95. The van der Waals surface area contributed by atoms with Gasteiger partial charge in [-0.25, -0.2) is 0 Å². The van der Waals surface area contributed by atoms with Gasteiger partial charge < -0.3 is 5.11 Å². The molecule has 0 aliphatic carbocycles. The lowest BCUT2D eigenvalue weighted by molar-refractivity contribution is 0.203. The van der Waals surface area contributed by atoms with Crippen molar-refractivity contribution in [2.24, 2.45) is 0 Å². The van der Waals surface area contributed by atoms with Gasteiger partial charge in [-0.15, -0.1) is 11.6 Å². The molecule has 0 saturated carbocycles. The molecule has 1 aromatic rings. The van der Waals surface area contributed by atoms with Gasteiger partial charge in [0, 0.05) is 10.6 Å². The van der Waals surface area contributed by atoms with Crippen molar-refractivity contribution in [2.45, 2.75) is 13.0 Å². The maximum atomic E-state index is 9.38. The zero-order valence-corrected chi connectivity index (χ0v) is 8.23. The number of halogens is 2. The Labute approximate surface area is 81.9 Å². The molecule has 0 radical (unpaired) electrons. The molecule has 1 atom stereocenters. The van der Waals surface area contributed by atoms with Crippen molar-refractivity contribution in [1.29, 1.82) is 0 Å². The lowest BCUT2D eigenvalue weighted by Gasteiger charge is -2.09. The van der Waals surface area contributed by atoms with E-state index in [1.54, 1.807) is 6.07 Å². The van der Waals surface area contributed by atoms with Crippen LogP contribution in [0.2, 0.25) is 5.02 Å². The largest absolute Gasteiger partial charge is 0.387 e. The first-order chi connectivity index (χ1) is 5.65. The number of hydrogen-bond donors (Lipinski definition) is 1. The number of hydrogen-bond acceptors (Lipinski definition) is 1. The standard InChI is InChI=1S/C9H10Cl2O/c1-6-2-3-7(8(11)4-6)9(12)5-10/h2-4,9,12H,5H2,1H3. The number of benzene rings is 1. The monoisotopic (exact) mass is 204 g/mol. The fourth-order valence-electron chi connectivity index (χ4n) is 0.986.